The highest BCUT2D eigenvalue weighted by molar-refractivity contribution is 6.31. The van der Waals surface area contributed by atoms with Crippen molar-refractivity contribution >= 4 is 40.5 Å². The second-order valence-electron chi connectivity index (χ2n) is 5.78. The van der Waals surface area contributed by atoms with Crippen molar-refractivity contribution in [3.8, 4) is 0 Å². The molecule has 23 heavy (non-hydrogen) atoms. The van der Waals surface area contributed by atoms with Crippen molar-refractivity contribution < 1.29 is 4.79 Å². The number of carbonyl (C=O) groups excluding carboxylic acids is 1. The number of unbranched alkanes of at least 4 members (excludes halogenated alkanes) is 1. The minimum absolute atomic E-state index is 0.105. The van der Waals surface area contributed by atoms with E-state index in [1.54, 1.807) is 0 Å². The third-order valence-electron chi connectivity index (χ3n) is 4.21. The topological polar surface area (TPSA) is 20.3 Å². The highest BCUT2D eigenvalue weighted by atomic mass is 35.5. The average Bonchev–Trinajstić information content (AvgIpc) is 2.71. The number of hydrogen-bond donors (Lipinski definition) is 0. The SMILES string of the molecule is O=C(CCCCCl)N1c2ccccc2CCc2ccc(Cl)cc21. The standard InChI is InChI=1S/C19H19Cl2NO/c20-12-4-3-7-19(23)22-17-6-2-1-5-14(17)8-9-15-10-11-16(21)13-18(15)22/h1-2,5-6,10-11,13H,3-4,7-9,12H2. The van der Waals surface area contributed by atoms with E-state index < -0.39 is 0 Å². The molecule has 0 unspecified atom stereocenters. The summed E-state index contributed by atoms with van der Waals surface area (Å²) >= 11 is 11.9. The molecule has 0 saturated heterocycles. The third kappa shape index (κ3) is 3.54. The molecule has 1 aliphatic rings. The first-order valence-corrected chi connectivity index (χ1v) is 8.87. The van der Waals surface area contributed by atoms with Gasteiger partial charge in [-0.1, -0.05) is 35.9 Å². The molecule has 0 fully saturated rings. The van der Waals surface area contributed by atoms with Crippen LogP contribution in [0.2, 0.25) is 5.02 Å². The Balaban J connectivity index is 2.04. The monoisotopic (exact) mass is 347 g/mol. The van der Waals surface area contributed by atoms with Crippen LogP contribution in [0.25, 0.3) is 0 Å². The van der Waals surface area contributed by atoms with Crippen molar-refractivity contribution in [1.82, 2.24) is 0 Å². The van der Waals surface area contributed by atoms with Crippen LogP contribution in [0.15, 0.2) is 42.5 Å². The van der Waals surface area contributed by atoms with E-state index in [1.807, 2.05) is 41.3 Å². The Kier molecular flexibility index (Phi) is 5.24. The molecule has 0 aromatic heterocycles. The van der Waals surface area contributed by atoms with Crippen LogP contribution in [0.4, 0.5) is 11.4 Å². The molecule has 1 heterocycles. The summed E-state index contributed by atoms with van der Waals surface area (Å²) in [6.07, 6.45) is 3.99. The summed E-state index contributed by atoms with van der Waals surface area (Å²) in [6, 6.07) is 13.9. The Bertz CT molecular complexity index is 714. The molecule has 2 aromatic rings. The molecule has 0 aliphatic carbocycles. The summed E-state index contributed by atoms with van der Waals surface area (Å²) in [4.78, 5) is 14.7. The smallest absolute Gasteiger partial charge is 0.231 e. The van der Waals surface area contributed by atoms with Gasteiger partial charge in [-0.25, -0.2) is 0 Å². The van der Waals surface area contributed by atoms with Crippen LogP contribution < -0.4 is 4.90 Å². The van der Waals surface area contributed by atoms with Gasteiger partial charge in [0.05, 0.1) is 11.4 Å². The summed E-state index contributed by atoms with van der Waals surface area (Å²) in [5.41, 5.74) is 4.25. The van der Waals surface area contributed by atoms with Gasteiger partial charge in [-0.3, -0.25) is 9.69 Å². The molecule has 2 aromatic carbocycles. The van der Waals surface area contributed by atoms with E-state index in [4.69, 9.17) is 23.2 Å². The van der Waals surface area contributed by atoms with Crippen molar-refractivity contribution in [3.63, 3.8) is 0 Å². The maximum atomic E-state index is 12.9. The molecule has 4 heteroatoms. The number of benzene rings is 2. The predicted octanol–water partition coefficient (Wildman–Crippen LogP) is 5.51. The minimum Gasteiger partial charge on any atom is -0.280 e. The summed E-state index contributed by atoms with van der Waals surface area (Å²) in [7, 11) is 0. The normalized spacial score (nSPS) is 13.2. The van der Waals surface area contributed by atoms with Gasteiger partial charge in [-0.2, -0.15) is 0 Å². The van der Waals surface area contributed by atoms with Crippen LogP contribution >= 0.6 is 23.2 Å². The van der Waals surface area contributed by atoms with E-state index in [0.29, 0.717) is 17.3 Å². The molecule has 1 aliphatic heterocycles. The lowest BCUT2D eigenvalue weighted by Gasteiger charge is -2.25. The van der Waals surface area contributed by atoms with Crippen LogP contribution in [-0.2, 0) is 17.6 Å². The fourth-order valence-electron chi connectivity index (χ4n) is 3.05. The van der Waals surface area contributed by atoms with Gasteiger partial charge in [0.15, 0.2) is 0 Å². The van der Waals surface area contributed by atoms with Crippen molar-refractivity contribution in [2.45, 2.75) is 32.1 Å². The van der Waals surface area contributed by atoms with Crippen LogP contribution in [0.3, 0.4) is 0 Å². The number of halogens is 2. The number of carbonyl (C=O) groups is 1. The number of rotatable bonds is 4. The third-order valence-corrected chi connectivity index (χ3v) is 4.71. The number of fused-ring (bicyclic) bond motifs is 2. The minimum atomic E-state index is 0.105. The largest absolute Gasteiger partial charge is 0.280 e. The number of aryl methyl sites for hydroxylation is 2. The first-order valence-electron chi connectivity index (χ1n) is 7.96. The Morgan fingerprint density at radius 2 is 1.74 bits per heavy atom. The second kappa shape index (κ2) is 7.37. The molecule has 0 N–H and O–H groups in total. The summed E-state index contributed by atoms with van der Waals surface area (Å²) < 4.78 is 0. The molecule has 0 spiro atoms. The van der Waals surface area contributed by atoms with E-state index in [1.165, 1.54) is 5.56 Å². The van der Waals surface area contributed by atoms with Crippen molar-refractivity contribution in [1.29, 1.82) is 0 Å². The number of amides is 1. The van der Waals surface area contributed by atoms with Crippen LogP contribution in [0, 0.1) is 0 Å². The lowest BCUT2D eigenvalue weighted by atomic mass is 10.0. The van der Waals surface area contributed by atoms with Gasteiger partial charge in [0.1, 0.15) is 0 Å². The zero-order chi connectivity index (χ0) is 16.2. The van der Waals surface area contributed by atoms with Gasteiger partial charge in [0.2, 0.25) is 5.91 Å². The maximum absolute atomic E-state index is 12.9. The molecule has 0 radical (unpaired) electrons. The zero-order valence-corrected chi connectivity index (χ0v) is 14.4. The number of nitrogens with zero attached hydrogens (tertiary/aromatic N) is 1. The van der Waals surface area contributed by atoms with E-state index in [9.17, 15) is 4.79 Å². The lowest BCUT2D eigenvalue weighted by molar-refractivity contribution is -0.118. The summed E-state index contributed by atoms with van der Waals surface area (Å²) in [6.45, 7) is 0. The first-order chi connectivity index (χ1) is 11.2. The van der Waals surface area contributed by atoms with Crippen LogP contribution in [0.5, 0.6) is 0 Å². The van der Waals surface area contributed by atoms with E-state index in [-0.39, 0.29) is 5.91 Å². The van der Waals surface area contributed by atoms with Crippen molar-refractivity contribution in [2.75, 3.05) is 10.8 Å². The van der Waals surface area contributed by atoms with Crippen molar-refractivity contribution in [2.24, 2.45) is 0 Å². The molecule has 0 atom stereocenters. The summed E-state index contributed by atoms with van der Waals surface area (Å²) in [5.74, 6) is 0.694. The highest BCUT2D eigenvalue weighted by Gasteiger charge is 2.25. The van der Waals surface area contributed by atoms with Crippen molar-refractivity contribution in [3.05, 3.63) is 58.6 Å². The molecule has 0 saturated carbocycles. The zero-order valence-electron chi connectivity index (χ0n) is 12.9. The van der Waals surface area contributed by atoms with Crippen LogP contribution in [-0.4, -0.2) is 11.8 Å². The molecule has 2 nitrogen and oxygen atoms in total. The van der Waals surface area contributed by atoms with Gasteiger partial charge in [0.25, 0.3) is 0 Å². The first kappa shape index (κ1) is 16.4. The Labute approximate surface area is 147 Å². The lowest BCUT2D eigenvalue weighted by Crippen LogP contribution is -2.26. The number of hydrogen-bond acceptors (Lipinski definition) is 1. The van der Waals surface area contributed by atoms with E-state index >= 15 is 0 Å². The van der Waals surface area contributed by atoms with Gasteiger partial charge in [-0.05, 0) is 55.0 Å². The number of alkyl halides is 1. The summed E-state index contributed by atoms with van der Waals surface area (Å²) in [5, 5.41) is 0.654. The molecule has 0 bridgehead atoms. The number of para-hydroxylation sites is 1. The second-order valence-corrected chi connectivity index (χ2v) is 6.59. The average molecular weight is 348 g/mol. The number of anilines is 2. The van der Waals surface area contributed by atoms with E-state index in [2.05, 4.69) is 6.07 Å². The van der Waals surface area contributed by atoms with Crippen LogP contribution in [0.1, 0.15) is 30.4 Å². The fraction of sp³-hybridized carbons (Fsp3) is 0.316. The quantitative estimate of drug-likeness (QED) is 0.527. The molecular weight excluding hydrogens is 329 g/mol. The Hall–Kier alpha value is -1.51. The van der Waals surface area contributed by atoms with Gasteiger partial charge in [0, 0.05) is 17.3 Å². The Morgan fingerprint density at radius 1 is 1.00 bits per heavy atom. The Morgan fingerprint density at radius 3 is 2.52 bits per heavy atom. The van der Waals surface area contributed by atoms with E-state index in [0.717, 1.165) is 42.6 Å². The maximum Gasteiger partial charge on any atom is 0.231 e. The predicted molar refractivity (Wildman–Crippen MR) is 97.0 cm³/mol. The van der Waals surface area contributed by atoms with Gasteiger partial charge < -0.3 is 0 Å². The molecule has 120 valence electrons. The molecular formula is C19H19Cl2NO. The fourth-order valence-corrected chi connectivity index (χ4v) is 3.40. The molecule has 1 amide bonds. The highest BCUT2D eigenvalue weighted by Crippen LogP contribution is 2.38. The van der Waals surface area contributed by atoms with Gasteiger partial charge in [-0.15, -0.1) is 11.6 Å². The van der Waals surface area contributed by atoms with Gasteiger partial charge >= 0.3 is 0 Å². The molecule has 3 rings (SSSR count).